The fraction of sp³-hybridized carbons (Fsp3) is 1.00. The van der Waals surface area contributed by atoms with Gasteiger partial charge in [-0.25, -0.2) is 0 Å². The van der Waals surface area contributed by atoms with Crippen LogP contribution in [0.25, 0.3) is 0 Å². The molecule has 0 bridgehead atoms. The molecule has 0 aromatic heterocycles. The van der Waals surface area contributed by atoms with Gasteiger partial charge < -0.3 is 11.1 Å². The van der Waals surface area contributed by atoms with Crippen molar-refractivity contribution >= 4 is 0 Å². The summed E-state index contributed by atoms with van der Waals surface area (Å²) < 4.78 is 0. The molecule has 112 valence electrons. The Balaban J connectivity index is 1.81. The third-order valence-electron chi connectivity index (χ3n) is 5.62. The van der Waals surface area contributed by atoms with E-state index >= 15 is 0 Å². The maximum atomic E-state index is 6.04. The van der Waals surface area contributed by atoms with Gasteiger partial charge in [-0.15, -0.1) is 0 Å². The number of nitrogens with two attached hydrogens (primary N) is 1. The van der Waals surface area contributed by atoms with Crippen LogP contribution in [0.5, 0.6) is 0 Å². The predicted molar refractivity (Wildman–Crippen MR) is 83.1 cm³/mol. The summed E-state index contributed by atoms with van der Waals surface area (Å²) in [6.07, 6.45) is 11.1. The molecule has 0 aromatic rings. The largest absolute Gasteiger partial charge is 0.329 e. The summed E-state index contributed by atoms with van der Waals surface area (Å²) in [4.78, 5) is 0. The normalized spacial score (nSPS) is 31.6. The van der Waals surface area contributed by atoms with E-state index < -0.39 is 0 Å². The van der Waals surface area contributed by atoms with Crippen LogP contribution in [-0.4, -0.2) is 18.6 Å². The van der Waals surface area contributed by atoms with E-state index in [0.29, 0.717) is 11.5 Å². The first-order valence-corrected chi connectivity index (χ1v) is 8.47. The van der Waals surface area contributed by atoms with Crippen molar-refractivity contribution in [1.29, 1.82) is 0 Å². The van der Waals surface area contributed by atoms with Crippen LogP contribution in [0.1, 0.15) is 72.1 Å². The van der Waals surface area contributed by atoms with Gasteiger partial charge in [0, 0.05) is 18.6 Å². The summed E-state index contributed by atoms with van der Waals surface area (Å²) in [5, 5.41) is 3.86. The van der Waals surface area contributed by atoms with Crippen LogP contribution in [0.2, 0.25) is 0 Å². The van der Waals surface area contributed by atoms with Gasteiger partial charge in [0.15, 0.2) is 0 Å². The number of rotatable bonds is 4. The molecular weight excluding hydrogens is 232 g/mol. The Morgan fingerprint density at radius 3 is 2.05 bits per heavy atom. The Bertz CT molecular complexity index is 255. The Morgan fingerprint density at radius 1 is 1.00 bits per heavy atom. The quantitative estimate of drug-likeness (QED) is 0.814. The molecule has 3 N–H and O–H groups in total. The monoisotopic (exact) mass is 266 g/mol. The van der Waals surface area contributed by atoms with Gasteiger partial charge >= 0.3 is 0 Å². The van der Waals surface area contributed by atoms with Gasteiger partial charge in [-0.3, -0.25) is 0 Å². The summed E-state index contributed by atoms with van der Waals surface area (Å²) in [5.41, 5.74) is 6.53. The number of hydrogen-bond acceptors (Lipinski definition) is 2. The molecule has 2 aliphatic rings. The second-order valence-electron chi connectivity index (χ2n) is 7.97. The van der Waals surface area contributed by atoms with E-state index in [1.165, 1.54) is 51.4 Å². The maximum Gasteiger partial charge on any atom is 0.0221 e. The predicted octanol–water partition coefficient (Wildman–Crippen LogP) is 3.70. The SMILES string of the molecule is CC(C)(C)C1CCC(C(CN)NC2CCCC2)CC1. The van der Waals surface area contributed by atoms with E-state index in [9.17, 15) is 0 Å². The van der Waals surface area contributed by atoms with E-state index in [-0.39, 0.29) is 0 Å². The second kappa shape index (κ2) is 6.58. The molecule has 2 nitrogen and oxygen atoms in total. The van der Waals surface area contributed by atoms with Crippen LogP contribution >= 0.6 is 0 Å². The molecule has 19 heavy (non-hydrogen) atoms. The highest BCUT2D eigenvalue weighted by Crippen LogP contribution is 2.40. The molecular formula is C17H34N2. The molecule has 2 saturated carbocycles. The van der Waals surface area contributed by atoms with Crippen molar-refractivity contribution in [2.75, 3.05) is 6.54 Å². The standard InChI is InChI=1S/C17H34N2/c1-17(2,3)14-10-8-13(9-11-14)16(12-18)19-15-6-4-5-7-15/h13-16,19H,4-12,18H2,1-3H3. The van der Waals surface area contributed by atoms with Crippen LogP contribution in [0.15, 0.2) is 0 Å². The van der Waals surface area contributed by atoms with E-state index in [1.807, 2.05) is 0 Å². The molecule has 2 rings (SSSR count). The first-order valence-electron chi connectivity index (χ1n) is 8.47. The minimum Gasteiger partial charge on any atom is -0.329 e. The van der Waals surface area contributed by atoms with Gasteiger partial charge in [0.25, 0.3) is 0 Å². The summed E-state index contributed by atoms with van der Waals surface area (Å²) in [6, 6.07) is 1.33. The van der Waals surface area contributed by atoms with E-state index in [1.54, 1.807) is 0 Å². The Labute approximate surface area is 119 Å². The molecule has 0 radical (unpaired) electrons. The minimum atomic E-state index is 0.488. The molecule has 0 spiro atoms. The van der Waals surface area contributed by atoms with E-state index in [2.05, 4.69) is 26.1 Å². The molecule has 2 aliphatic carbocycles. The van der Waals surface area contributed by atoms with Gasteiger partial charge in [0.2, 0.25) is 0 Å². The van der Waals surface area contributed by atoms with Crippen LogP contribution in [0.3, 0.4) is 0 Å². The lowest BCUT2D eigenvalue weighted by molar-refractivity contribution is 0.131. The van der Waals surface area contributed by atoms with Crippen molar-refractivity contribution in [3.63, 3.8) is 0 Å². The third-order valence-corrected chi connectivity index (χ3v) is 5.62. The average Bonchev–Trinajstić information content (AvgIpc) is 2.88. The molecule has 0 heterocycles. The molecule has 0 saturated heterocycles. The smallest absolute Gasteiger partial charge is 0.0221 e. The van der Waals surface area contributed by atoms with E-state index in [4.69, 9.17) is 5.73 Å². The van der Waals surface area contributed by atoms with Crippen molar-refractivity contribution in [3.05, 3.63) is 0 Å². The van der Waals surface area contributed by atoms with Crippen molar-refractivity contribution < 1.29 is 0 Å². The highest BCUT2D eigenvalue weighted by molar-refractivity contribution is 4.88. The van der Waals surface area contributed by atoms with Crippen LogP contribution in [-0.2, 0) is 0 Å². The van der Waals surface area contributed by atoms with Crippen molar-refractivity contribution in [3.8, 4) is 0 Å². The maximum absolute atomic E-state index is 6.04. The van der Waals surface area contributed by atoms with Gasteiger partial charge in [0.1, 0.15) is 0 Å². The Morgan fingerprint density at radius 2 is 1.58 bits per heavy atom. The first kappa shape index (κ1) is 15.3. The third kappa shape index (κ3) is 4.19. The summed E-state index contributed by atoms with van der Waals surface area (Å²) in [6.45, 7) is 8.01. The molecule has 2 heteroatoms. The topological polar surface area (TPSA) is 38.0 Å². The van der Waals surface area contributed by atoms with Gasteiger partial charge in [-0.2, -0.15) is 0 Å². The van der Waals surface area contributed by atoms with Crippen LogP contribution < -0.4 is 11.1 Å². The molecule has 1 unspecified atom stereocenters. The Hall–Kier alpha value is -0.0800. The number of hydrogen-bond donors (Lipinski definition) is 2. The van der Waals surface area contributed by atoms with Crippen molar-refractivity contribution in [1.82, 2.24) is 5.32 Å². The fourth-order valence-electron chi connectivity index (χ4n) is 4.18. The lowest BCUT2D eigenvalue weighted by Crippen LogP contribution is -2.47. The molecule has 1 atom stereocenters. The lowest BCUT2D eigenvalue weighted by Gasteiger charge is -2.40. The highest BCUT2D eigenvalue weighted by Gasteiger charge is 2.33. The van der Waals surface area contributed by atoms with Crippen molar-refractivity contribution in [2.45, 2.75) is 84.2 Å². The summed E-state index contributed by atoms with van der Waals surface area (Å²) in [7, 11) is 0. The lowest BCUT2D eigenvalue weighted by atomic mass is 9.68. The summed E-state index contributed by atoms with van der Waals surface area (Å²) in [5.74, 6) is 1.73. The summed E-state index contributed by atoms with van der Waals surface area (Å²) >= 11 is 0. The van der Waals surface area contributed by atoms with Gasteiger partial charge in [-0.05, 0) is 55.8 Å². The molecule has 2 fully saturated rings. The van der Waals surface area contributed by atoms with Gasteiger partial charge in [0.05, 0.1) is 0 Å². The Kier molecular flexibility index (Phi) is 5.30. The van der Waals surface area contributed by atoms with Crippen LogP contribution in [0, 0.1) is 17.3 Å². The van der Waals surface area contributed by atoms with E-state index in [0.717, 1.165) is 24.4 Å². The van der Waals surface area contributed by atoms with Gasteiger partial charge in [-0.1, -0.05) is 33.6 Å². The minimum absolute atomic E-state index is 0.488. The number of nitrogens with one attached hydrogen (secondary N) is 1. The second-order valence-corrected chi connectivity index (χ2v) is 7.97. The zero-order valence-corrected chi connectivity index (χ0v) is 13.3. The first-order chi connectivity index (χ1) is 9.00. The fourth-order valence-corrected chi connectivity index (χ4v) is 4.18. The van der Waals surface area contributed by atoms with Crippen LogP contribution in [0.4, 0.5) is 0 Å². The molecule has 0 amide bonds. The zero-order chi connectivity index (χ0) is 13.9. The average molecular weight is 266 g/mol. The highest BCUT2D eigenvalue weighted by atomic mass is 15.0. The van der Waals surface area contributed by atoms with Crippen molar-refractivity contribution in [2.24, 2.45) is 23.0 Å². The molecule has 0 aliphatic heterocycles. The molecule has 0 aromatic carbocycles. The zero-order valence-electron chi connectivity index (χ0n) is 13.3.